The summed E-state index contributed by atoms with van der Waals surface area (Å²) in [6, 6.07) is 8.69. The molecule has 0 aliphatic carbocycles. The van der Waals surface area contributed by atoms with Crippen LogP contribution in [-0.2, 0) is 22.4 Å². The van der Waals surface area contributed by atoms with Crippen LogP contribution in [0, 0.1) is 0 Å². The molecular weight excluding hydrogens is 412 g/mol. The summed E-state index contributed by atoms with van der Waals surface area (Å²) in [6.45, 7) is 3.17. The average molecular weight is 438 g/mol. The van der Waals surface area contributed by atoms with Gasteiger partial charge in [-0.25, -0.2) is 4.98 Å². The van der Waals surface area contributed by atoms with E-state index in [-0.39, 0.29) is 19.4 Å². The van der Waals surface area contributed by atoms with Crippen molar-refractivity contribution in [1.82, 2.24) is 15.6 Å². The number of aryl methyl sites for hydroxylation is 1. The molecule has 0 unspecified atom stereocenters. The Labute approximate surface area is 185 Å². The molecule has 10 heteroatoms. The van der Waals surface area contributed by atoms with Crippen molar-refractivity contribution in [3.05, 3.63) is 53.2 Å². The van der Waals surface area contributed by atoms with Crippen LogP contribution in [0.2, 0.25) is 0 Å². The number of aliphatic imine (C=N–C) groups is 1. The molecule has 2 aromatic rings. The first-order valence-electron chi connectivity index (χ1n) is 10.4. The standard InChI is InChI=1S/C22H26N6O4/c1-2-14-8-9-23-20(17(14)6-7-19(30)31)28-18(29)13-26-21(32)15-4-3-5-16(12-15)27-22-24-10-11-25-22/h3-5,8-9,12H,2,6-7,10-11,13H2,1H3,(H,26,32)(H,30,31)(H,23,28,29)(H2,24,25,27). The maximum absolute atomic E-state index is 12.5. The molecule has 32 heavy (non-hydrogen) atoms. The van der Waals surface area contributed by atoms with Gasteiger partial charge in [0.1, 0.15) is 5.82 Å². The van der Waals surface area contributed by atoms with Crippen LogP contribution in [0.4, 0.5) is 11.5 Å². The number of aromatic nitrogens is 1. The first-order valence-corrected chi connectivity index (χ1v) is 10.4. The van der Waals surface area contributed by atoms with Crippen LogP contribution in [0.3, 0.4) is 0 Å². The van der Waals surface area contributed by atoms with Gasteiger partial charge < -0.3 is 26.4 Å². The molecule has 2 amide bonds. The highest BCUT2D eigenvalue weighted by molar-refractivity contribution is 6.01. The van der Waals surface area contributed by atoms with Crippen molar-refractivity contribution in [1.29, 1.82) is 0 Å². The lowest BCUT2D eigenvalue weighted by atomic mass is 10.0. The van der Waals surface area contributed by atoms with E-state index < -0.39 is 17.8 Å². The monoisotopic (exact) mass is 438 g/mol. The van der Waals surface area contributed by atoms with Crippen LogP contribution in [-0.4, -0.2) is 53.5 Å². The summed E-state index contributed by atoms with van der Waals surface area (Å²) in [5.41, 5.74) is 2.72. The van der Waals surface area contributed by atoms with Crippen molar-refractivity contribution < 1.29 is 19.5 Å². The SMILES string of the molecule is CCc1ccnc(NC(=O)CNC(=O)c2cccc(NC3=NCCN3)c2)c1CCC(=O)O. The maximum atomic E-state index is 12.5. The molecule has 0 spiro atoms. The summed E-state index contributed by atoms with van der Waals surface area (Å²) < 4.78 is 0. The minimum atomic E-state index is -0.923. The van der Waals surface area contributed by atoms with Gasteiger partial charge in [0, 0.05) is 30.4 Å². The molecular formula is C22H26N6O4. The van der Waals surface area contributed by atoms with Crippen molar-refractivity contribution in [3.8, 4) is 0 Å². The fraction of sp³-hybridized carbons (Fsp3) is 0.318. The molecule has 1 aliphatic heterocycles. The van der Waals surface area contributed by atoms with E-state index in [1.807, 2.05) is 19.1 Å². The Morgan fingerprint density at radius 2 is 2.06 bits per heavy atom. The van der Waals surface area contributed by atoms with Gasteiger partial charge in [-0.3, -0.25) is 19.4 Å². The number of hydrogen-bond acceptors (Lipinski definition) is 7. The first kappa shape index (κ1) is 22.7. The van der Waals surface area contributed by atoms with Gasteiger partial charge in [-0.05, 0) is 48.2 Å². The van der Waals surface area contributed by atoms with Crippen LogP contribution in [0.5, 0.6) is 0 Å². The summed E-state index contributed by atoms with van der Waals surface area (Å²) in [4.78, 5) is 44.3. The number of carbonyl (C=O) groups is 3. The number of hydrogen-bond donors (Lipinski definition) is 5. The van der Waals surface area contributed by atoms with E-state index >= 15 is 0 Å². The van der Waals surface area contributed by atoms with Gasteiger partial charge in [-0.2, -0.15) is 0 Å². The van der Waals surface area contributed by atoms with Crippen molar-refractivity contribution in [2.75, 3.05) is 30.3 Å². The smallest absolute Gasteiger partial charge is 0.303 e. The van der Waals surface area contributed by atoms with Crippen LogP contribution >= 0.6 is 0 Å². The lowest BCUT2D eigenvalue weighted by Crippen LogP contribution is -2.33. The van der Waals surface area contributed by atoms with E-state index in [0.717, 1.165) is 12.1 Å². The molecule has 0 saturated carbocycles. The Kier molecular flexibility index (Phi) is 7.74. The molecule has 0 saturated heterocycles. The van der Waals surface area contributed by atoms with E-state index in [0.29, 0.717) is 41.6 Å². The molecule has 0 atom stereocenters. The number of aliphatic carboxylic acids is 1. The Balaban J connectivity index is 1.59. The third kappa shape index (κ3) is 6.27. The predicted octanol–water partition coefficient (Wildman–Crippen LogP) is 1.40. The van der Waals surface area contributed by atoms with Gasteiger partial charge >= 0.3 is 5.97 Å². The minimum absolute atomic E-state index is 0.0649. The highest BCUT2D eigenvalue weighted by Crippen LogP contribution is 2.20. The molecule has 3 rings (SSSR count). The summed E-state index contributed by atoms with van der Waals surface area (Å²) >= 11 is 0. The van der Waals surface area contributed by atoms with Crippen molar-refractivity contribution in [2.24, 2.45) is 4.99 Å². The lowest BCUT2D eigenvalue weighted by Gasteiger charge is -2.14. The number of pyridine rings is 1. The van der Waals surface area contributed by atoms with Crippen LogP contribution in [0.15, 0.2) is 41.5 Å². The van der Waals surface area contributed by atoms with Gasteiger partial charge in [-0.15, -0.1) is 0 Å². The molecule has 0 fully saturated rings. The highest BCUT2D eigenvalue weighted by Gasteiger charge is 2.15. The number of anilines is 2. The maximum Gasteiger partial charge on any atom is 0.303 e. The molecule has 2 heterocycles. The van der Waals surface area contributed by atoms with Gasteiger partial charge in [0.15, 0.2) is 5.96 Å². The molecule has 1 aliphatic rings. The number of nitrogens with zero attached hydrogens (tertiary/aromatic N) is 2. The van der Waals surface area contributed by atoms with Gasteiger partial charge in [0.05, 0.1) is 13.1 Å². The minimum Gasteiger partial charge on any atom is -0.481 e. The van der Waals surface area contributed by atoms with Gasteiger partial charge in [0.25, 0.3) is 5.91 Å². The fourth-order valence-corrected chi connectivity index (χ4v) is 3.28. The zero-order valence-electron chi connectivity index (χ0n) is 17.8. The van der Waals surface area contributed by atoms with Gasteiger partial charge in [0.2, 0.25) is 5.91 Å². The second kappa shape index (κ2) is 10.9. The quantitative estimate of drug-likeness (QED) is 0.398. The number of rotatable bonds is 9. The number of carbonyl (C=O) groups excluding carboxylic acids is 2. The Morgan fingerprint density at radius 1 is 1.22 bits per heavy atom. The Hall–Kier alpha value is -3.95. The molecule has 1 aromatic carbocycles. The zero-order valence-corrected chi connectivity index (χ0v) is 17.8. The summed E-state index contributed by atoms with van der Waals surface area (Å²) in [6.07, 6.45) is 2.45. The second-order valence-electron chi connectivity index (χ2n) is 7.14. The van der Waals surface area contributed by atoms with E-state index in [1.165, 1.54) is 0 Å². The average Bonchev–Trinajstić information content (AvgIpc) is 3.29. The summed E-state index contributed by atoms with van der Waals surface area (Å²) in [5, 5.41) is 20.5. The topological polar surface area (TPSA) is 145 Å². The predicted molar refractivity (Wildman–Crippen MR) is 121 cm³/mol. The second-order valence-corrected chi connectivity index (χ2v) is 7.14. The summed E-state index contributed by atoms with van der Waals surface area (Å²) in [5.74, 6) is -0.794. The lowest BCUT2D eigenvalue weighted by molar-refractivity contribution is -0.137. The van der Waals surface area contributed by atoms with E-state index in [9.17, 15) is 14.4 Å². The van der Waals surface area contributed by atoms with Crippen molar-refractivity contribution in [3.63, 3.8) is 0 Å². The third-order valence-electron chi connectivity index (χ3n) is 4.85. The van der Waals surface area contributed by atoms with Crippen LogP contribution in [0.1, 0.15) is 34.8 Å². The zero-order chi connectivity index (χ0) is 22.9. The Morgan fingerprint density at radius 3 is 2.78 bits per heavy atom. The third-order valence-corrected chi connectivity index (χ3v) is 4.85. The number of benzene rings is 1. The molecule has 168 valence electrons. The molecule has 10 nitrogen and oxygen atoms in total. The van der Waals surface area contributed by atoms with Crippen molar-refractivity contribution in [2.45, 2.75) is 26.2 Å². The van der Waals surface area contributed by atoms with E-state index in [2.05, 4.69) is 31.2 Å². The molecule has 5 N–H and O–H groups in total. The highest BCUT2D eigenvalue weighted by atomic mass is 16.4. The number of carboxylic acids is 1. The van der Waals surface area contributed by atoms with Crippen LogP contribution < -0.4 is 21.3 Å². The molecule has 1 aromatic heterocycles. The van der Waals surface area contributed by atoms with Gasteiger partial charge in [-0.1, -0.05) is 13.0 Å². The number of guanidine groups is 1. The van der Waals surface area contributed by atoms with E-state index in [1.54, 1.807) is 24.4 Å². The largest absolute Gasteiger partial charge is 0.481 e. The number of amides is 2. The summed E-state index contributed by atoms with van der Waals surface area (Å²) in [7, 11) is 0. The van der Waals surface area contributed by atoms with Crippen molar-refractivity contribution >= 4 is 35.2 Å². The fourth-order valence-electron chi connectivity index (χ4n) is 3.28. The van der Waals surface area contributed by atoms with Crippen LogP contribution in [0.25, 0.3) is 0 Å². The number of carboxylic acid groups (broad SMARTS) is 1. The molecule has 0 radical (unpaired) electrons. The first-order chi connectivity index (χ1) is 15.5. The van der Waals surface area contributed by atoms with E-state index in [4.69, 9.17) is 5.11 Å². The Bertz CT molecular complexity index is 1040. The normalized spacial score (nSPS) is 12.5. The molecule has 0 bridgehead atoms. The number of nitrogens with one attached hydrogen (secondary N) is 4.